The first-order valence-corrected chi connectivity index (χ1v) is 20.4. The van der Waals surface area contributed by atoms with Crippen molar-refractivity contribution in [3.05, 3.63) is 98.3 Å². The zero-order chi connectivity index (χ0) is 42.7. The van der Waals surface area contributed by atoms with Gasteiger partial charge in [-0.2, -0.15) is 10.5 Å². The van der Waals surface area contributed by atoms with Crippen molar-refractivity contribution < 1.29 is 33.4 Å². The zero-order valence-electron chi connectivity index (χ0n) is 34.4. The van der Waals surface area contributed by atoms with Crippen LogP contribution in [0.25, 0.3) is 52.8 Å². The first kappa shape index (κ1) is 45.3. The van der Waals surface area contributed by atoms with Gasteiger partial charge in [-0.3, -0.25) is 19.2 Å². The van der Waals surface area contributed by atoms with Crippen molar-refractivity contribution in [3.8, 4) is 12.1 Å². The Morgan fingerprint density at radius 1 is 0.610 bits per heavy atom. The molecule has 0 fully saturated rings. The maximum absolute atomic E-state index is 12.5. The van der Waals surface area contributed by atoms with E-state index < -0.39 is 11.9 Å². The highest BCUT2D eigenvalue weighted by Crippen LogP contribution is 2.16. The van der Waals surface area contributed by atoms with Gasteiger partial charge in [-0.05, 0) is 135 Å². The van der Waals surface area contributed by atoms with Gasteiger partial charge in [0.05, 0.1) is 19.3 Å². The third kappa shape index (κ3) is 13.6. The van der Waals surface area contributed by atoms with Crippen molar-refractivity contribution in [1.82, 2.24) is 0 Å². The van der Waals surface area contributed by atoms with Gasteiger partial charge in [-0.15, -0.1) is 0 Å². The number of hydrogen-bond acceptors (Lipinski definition) is 9. The summed E-state index contributed by atoms with van der Waals surface area (Å²) in [6, 6.07) is 17.0. The van der Waals surface area contributed by atoms with Crippen molar-refractivity contribution in [3.63, 3.8) is 0 Å². The van der Waals surface area contributed by atoms with Gasteiger partial charge < -0.3 is 9.47 Å². The topological polar surface area (TPSA) is 151 Å². The Hall–Kier alpha value is -6.45. The molecule has 0 aromatic heterocycles. The lowest BCUT2D eigenvalue weighted by Gasteiger charge is -2.14. The molecule has 304 valence electrons. The Labute approximate surface area is 346 Å². The van der Waals surface area contributed by atoms with Gasteiger partial charge in [0.25, 0.3) is 0 Å². The minimum atomic E-state index is -0.571. The minimum absolute atomic E-state index is 0.00675. The number of rotatable bonds is 14. The second kappa shape index (κ2) is 23.1. The Morgan fingerprint density at radius 3 is 1.58 bits per heavy atom. The number of carbonyl (C=O) groups is 5. The molecule has 0 aliphatic heterocycles. The van der Waals surface area contributed by atoms with Crippen LogP contribution in [-0.2, 0) is 33.4 Å². The fourth-order valence-electron chi connectivity index (χ4n) is 6.70. The summed E-state index contributed by atoms with van der Waals surface area (Å²) in [5.74, 6) is -0.202. The summed E-state index contributed by atoms with van der Waals surface area (Å²) in [6.45, 7) is 9.29. The molecule has 3 aliphatic carbocycles. The smallest absolute Gasteiger partial charge is 0.349 e. The predicted octanol–water partition coefficient (Wildman–Crippen LogP) is 6.75. The lowest BCUT2D eigenvalue weighted by molar-refractivity contribution is -0.144. The van der Waals surface area contributed by atoms with E-state index in [9.17, 15) is 29.2 Å². The van der Waals surface area contributed by atoms with Gasteiger partial charge >= 0.3 is 11.9 Å². The van der Waals surface area contributed by atoms with E-state index in [4.69, 9.17) is 14.7 Å². The van der Waals surface area contributed by atoms with Crippen LogP contribution in [0.1, 0.15) is 102 Å². The molecule has 0 saturated carbocycles. The second-order valence-electron chi connectivity index (χ2n) is 14.7. The number of benzene rings is 3. The van der Waals surface area contributed by atoms with Crippen LogP contribution in [0, 0.1) is 34.5 Å². The third-order valence-electron chi connectivity index (χ3n) is 10.4. The number of nitrogens with zero attached hydrogens (tertiary/aromatic N) is 2. The van der Waals surface area contributed by atoms with Crippen LogP contribution in [0.5, 0.6) is 0 Å². The molecule has 0 amide bonds. The number of hydrogen-bond donors (Lipinski definition) is 0. The van der Waals surface area contributed by atoms with Gasteiger partial charge in [-0.25, -0.2) is 4.79 Å². The molecule has 2 atom stereocenters. The van der Waals surface area contributed by atoms with Crippen LogP contribution < -0.4 is 20.9 Å². The summed E-state index contributed by atoms with van der Waals surface area (Å²) in [4.78, 5) is 57.5. The fraction of sp³-hybridized carbons (Fsp3) is 0.340. The molecule has 2 unspecified atom stereocenters. The maximum atomic E-state index is 12.5. The standard InChI is InChI=1S/C25H25NO3.C14H8O2.C11H19NO2/c1-3-5-6-17(4-2)16-29-25(28)24(15-26)20-8-7-18-12-22-14-23(27)10-9-19(22)11-21(18)13-20;15-13-3-1-9-5-12-8-14(16)4-2-10(12)6-11(9)7-13;1-3-5-6-10(4-2)9-14-11(13)7-8-12/h7-14,17H,3-6,16H2,1-2H3;1-8H;10H,3-7,9H2,1-2H3/b24-20-;;. The molecular weight excluding hydrogens is 741 g/mol. The molecule has 59 heavy (non-hydrogen) atoms. The maximum Gasteiger partial charge on any atom is 0.349 e. The van der Waals surface area contributed by atoms with E-state index in [1.807, 2.05) is 42.5 Å². The van der Waals surface area contributed by atoms with E-state index >= 15 is 0 Å². The summed E-state index contributed by atoms with van der Waals surface area (Å²) in [5, 5.41) is 22.9. The molecule has 9 nitrogen and oxygen atoms in total. The van der Waals surface area contributed by atoms with Crippen molar-refractivity contribution in [1.29, 1.82) is 10.5 Å². The summed E-state index contributed by atoms with van der Waals surface area (Å²) < 4.78 is 10.4. The van der Waals surface area contributed by atoms with E-state index in [1.165, 1.54) is 31.1 Å². The molecule has 9 heteroatoms. The fourth-order valence-corrected chi connectivity index (χ4v) is 6.70. The highest BCUT2D eigenvalue weighted by Gasteiger charge is 2.16. The average molecular weight is 793 g/mol. The summed E-state index contributed by atoms with van der Waals surface area (Å²) in [5.41, 5.74) is 2.93. The molecule has 3 aromatic carbocycles. The largest absolute Gasteiger partial charge is 0.465 e. The number of nitriles is 2. The van der Waals surface area contributed by atoms with E-state index in [0.29, 0.717) is 30.3 Å². The molecule has 3 aromatic rings. The van der Waals surface area contributed by atoms with Crippen molar-refractivity contribution in [2.24, 2.45) is 11.8 Å². The van der Waals surface area contributed by atoms with Gasteiger partial charge in [0.2, 0.25) is 0 Å². The Bertz CT molecular complexity index is 2450. The minimum Gasteiger partial charge on any atom is -0.465 e. The monoisotopic (exact) mass is 792 g/mol. The molecular formula is C50H52N2O7. The number of esters is 2. The Balaban J connectivity index is 0.000000216. The van der Waals surface area contributed by atoms with Gasteiger partial charge in [0.1, 0.15) is 18.1 Å². The van der Waals surface area contributed by atoms with Crippen LogP contribution in [0.3, 0.4) is 0 Å². The molecule has 0 N–H and O–H groups in total. The number of ether oxygens (including phenoxy) is 2. The summed E-state index contributed by atoms with van der Waals surface area (Å²) in [6.07, 6.45) is 23.3. The normalized spacial score (nSPS) is 14.4. The molecule has 6 rings (SSSR count). The lowest BCUT2D eigenvalue weighted by Crippen LogP contribution is -2.21. The van der Waals surface area contributed by atoms with E-state index in [-0.39, 0.29) is 29.3 Å². The summed E-state index contributed by atoms with van der Waals surface area (Å²) >= 11 is 0. The number of unbranched alkanes of at least 4 members (excludes halogenated alkanes) is 2. The third-order valence-corrected chi connectivity index (χ3v) is 10.4. The van der Waals surface area contributed by atoms with Crippen LogP contribution in [0.2, 0.25) is 0 Å². The first-order chi connectivity index (χ1) is 28.5. The van der Waals surface area contributed by atoms with Crippen molar-refractivity contribution in [2.75, 3.05) is 13.2 Å². The number of fused-ring (bicyclic) bond motifs is 4. The zero-order valence-corrected chi connectivity index (χ0v) is 34.4. The first-order valence-electron chi connectivity index (χ1n) is 20.4. The van der Waals surface area contributed by atoms with Crippen LogP contribution in [0.4, 0.5) is 0 Å². The van der Waals surface area contributed by atoms with Gasteiger partial charge in [0, 0.05) is 5.22 Å². The second-order valence-corrected chi connectivity index (χ2v) is 14.7. The van der Waals surface area contributed by atoms with Crippen molar-refractivity contribution in [2.45, 2.75) is 85.5 Å². The van der Waals surface area contributed by atoms with Crippen LogP contribution in [0.15, 0.2) is 60.7 Å². The SMILES string of the molecule is CCCCC(CC)COC(=O)/C(C#N)=c1/ccc2cc3c(cc2c1)C=CC(=O)C=3.CCCCC(CC)COC(=O)CC#N.O=C1C=Cc2cc3c(cc2=C1)C=CC(=O)C=3. The molecule has 3 aliphatic rings. The summed E-state index contributed by atoms with van der Waals surface area (Å²) in [7, 11) is 0. The van der Waals surface area contributed by atoms with Crippen molar-refractivity contribution >= 4 is 82.1 Å². The van der Waals surface area contributed by atoms with Gasteiger partial charge in [0.15, 0.2) is 17.3 Å². The lowest BCUT2D eigenvalue weighted by atomic mass is 9.97. The average Bonchev–Trinajstić information content (AvgIpc) is 3.23. The Morgan fingerprint density at radius 2 is 1.10 bits per heavy atom. The highest BCUT2D eigenvalue weighted by molar-refractivity contribution is 6.19. The van der Waals surface area contributed by atoms with E-state index in [2.05, 4.69) is 27.7 Å². The molecule has 0 spiro atoms. The number of ketones is 3. The quantitative estimate of drug-likeness (QED) is 0.162. The molecule has 0 heterocycles. The van der Waals surface area contributed by atoms with Gasteiger partial charge in [-0.1, -0.05) is 96.6 Å². The van der Waals surface area contributed by atoms with E-state index in [1.54, 1.807) is 48.6 Å². The number of allylic oxidation sites excluding steroid dienone is 3. The van der Waals surface area contributed by atoms with Crippen LogP contribution >= 0.6 is 0 Å². The highest BCUT2D eigenvalue weighted by atomic mass is 16.5. The molecule has 0 bridgehead atoms. The molecule has 0 saturated heterocycles. The predicted molar refractivity (Wildman–Crippen MR) is 232 cm³/mol. The number of carbonyl (C=O) groups excluding carboxylic acids is 5. The van der Waals surface area contributed by atoms with E-state index in [0.717, 1.165) is 81.6 Å². The van der Waals surface area contributed by atoms with Crippen LogP contribution in [-0.4, -0.2) is 42.5 Å². The Kier molecular flexibility index (Phi) is 17.7. The molecule has 0 radical (unpaired) electrons.